The Morgan fingerprint density at radius 1 is 1.39 bits per heavy atom. The second kappa shape index (κ2) is 5.57. The number of nitrogens with zero attached hydrogens (tertiary/aromatic N) is 2. The van der Waals surface area contributed by atoms with Crippen LogP contribution in [-0.4, -0.2) is 33.0 Å². The van der Waals surface area contributed by atoms with E-state index in [2.05, 4.69) is 15.3 Å². The number of aliphatic carboxylic acids is 1. The molecule has 6 nitrogen and oxygen atoms in total. The highest BCUT2D eigenvalue weighted by molar-refractivity contribution is 5.94. The number of carboxylic acids is 1. The van der Waals surface area contributed by atoms with Crippen LogP contribution in [0.5, 0.6) is 0 Å². The summed E-state index contributed by atoms with van der Waals surface area (Å²) in [4.78, 5) is 30.4. The molecule has 0 aliphatic heterocycles. The zero-order valence-electron chi connectivity index (χ0n) is 10.7. The molecule has 0 saturated carbocycles. The normalized spacial score (nSPS) is 12.8. The van der Waals surface area contributed by atoms with Gasteiger partial charge in [0.05, 0.1) is 6.20 Å². The summed E-state index contributed by atoms with van der Waals surface area (Å²) in [5.41, 5.74) is -0.0868. The Labute approximate surface area is 105 Å². The molecule has 1 aromatic rings. The maximum absolute atomic E-state index is 11.8. The highest BCUT2D eigenvalue weighted by Gasteiger charge is 2.26. The lowest BCUT2D eigenvalue weighted by Crippen LogP contribution is -2.43. The van der Waals surface area contributed by atoms with E-state index in [1.165, 1.54) is 18.6 Å². The fraction of sp³-hybridized carbons (Fsp3) is 0.500. The van der Waals surface area contributed by atoms with Gasteiger partial charge in [0.15, 0.2) is 0 Å². The first-order valence-electron chi connectivity index (χ1n) is 5.59. The smallest absolute Gasteiger partial charge is 0.326 e. The summed E-state index contributed by atoms with van der Waals surface area (Å²) in [6.07, 6.45) is 4.47. The minimum absolute atomic E-state index is 0.109. The summed E-state index contributed by atoms with van der Waals surface area (Å²) >= 11 is 0. The number of carboxylic acid groups (broad SMARTS) is 1. The fourth-order valence-electron chi connectivity index (χ4n) is 1.46. The van der Waals surface area contributed by atoms with Crippen molar-refractivity contribution in [2.45, 2.75) is 33.2 Å². The third kappa shape index (κ3) is 4.48. The van der Waals surface area contributed by atoms with Crippen LogP contribution in [0.1, 0.15) is 37.7 Å². The predicted molar refractivity (Wildman–Crippen MR) is 65.0 cm³/mol. The van der Waals surface area contributed by atoms with Crippen LogP contribution < -0.4 is 5.32 Å². The summed E-state index contributed by atoms with van der Waals surface area (Å²) in [5.74, 6) is -1.58. The van der Waals surface area contributed by atoms with Gasteiger partial charge in [-0.25, -0.2) is 9.78 Å². The van der Waals surface area contributed by atoms with Crippen LogP contribution in [-0.2, 0) is 4.79 Å². The van der Waals surface area contributed by atoms with Crippen LogP contribution in [0.2, 0.25) is 0 Å². The Bertz CT molecular complexity index is 426. The van der Waals surface area contributed by atoms with Crippen LogP contribution in [0.3, 0.4) is 0 Å². The van der Waals surface area contributed by atoms with E-state index < -0.39 is 17.9 Å². The molecule has 98 valence electrons. The van der Waals surface area contributed by atoms with Crippen LogP contribution >= 0.6 is 0 Å². The van der Waals surface area contributed by atoms with E-state index >= 15 is 0 Å². The molecule has 0 aliphatic rings. The maximum atomic E-state index is 11.8. The molecule has 1 amide bonds. The molecule has 2 N–H and O–H groups in total. The average Bonchev–Trinajstić information content (AvgIpc) is 2.27. The van der Waals surface area contributed by atoms with Gasteiger partial charge in [-0.1, -0.05) is 20.8 Å². The van der Waals surface area contributed by atoms with E-state index in [0.717, 1.165) is 0 Å². The van der Waals surface area contributed by atoms with E-state index in [-0.39, 0.29) is 11.1 Å². The molecule has 0 saturated heterocycles. The molecule has 0 spiro atoms. The zero-order chi connectivity index (χ0) is 13.8. The molecule has 0 aliphatic carbocycles. The van der Waals surface area contributed by atoms with Gasteiger partial charge in [-0.3, -0.25) is 9.78 Å². The lowest BCUT2D eigenvalue weighted by molar-refractivity contribution is -0.140. The highest BCUT2D eigenvalue weighted by Crippen LogP contribution is 2.21. The first-order chi connectivity index (χ1) is 8.29. The lowest BCUT2D eigenvalue weighted by Gasteiger charge is -2.23. The van der Waals surface area contributed by atoms with Gasteiger partial charge in [-0.05, 0) is 11.8 Å². The Balaban J connectivity index is 2.73. The minimum Gasteiger partial charge on any atom is -0.480 e. The Morgan fingerprint density at radius 2 is 2.06 bits per heavy atom. The van der Waals surface area contributed by atoms with E-state index in [4.69, 9.17) is 5.11 Å². The highest BCUT2D eigenvalue weighted by atomic mass is 16.4. The van der Waals surface area contributed by atoms with Gasteiger partial charge >= 0.3 is 5.97 Å². The third-order valence-corrected chi connectivity index (χ3v) is 2.22. The monoisotopic (exact) mass is 251 g/mol. The van der Waals surface area contributed by atoms with Crippen molar-refractivity contribution in [2.24, 2.45) is 5.41 Å². The standard InChI is InChI=1S/C12H17N3O3/c1-12(2,3)6-8(11(17)18)15-10(16)9-7-13-4-5-14-9/h4-5,7-8H,6H2,1-3H3,(H,15,16)(H,17,18). The molecule has 1 atom stereocenters. The molecule has 1 heterocycles. The summed E-state index contributed by atoms with van der Waals surface area (Å²) in [5, 5.41) is 11.5. The van der Waals surface area contributed by atoms with Crippen LogP contribution in [0, 0.1) is 5.41 Å². The number of hydrogen-bond acceptors (Lipinski definition) is 4. The summed E-state index contributed by atoms with van der Waals surface area (Å²) < 4.78 is 0. The summed E-state index contributed by atoms with van der Waals surface area (Å²) in [6, 6.07) is -0.931. The molecule has 1 aromatic heterocycles. The summed E-state index contributed by atoms with van der Waals surface area (Å²) in [7, 11) is 0. The number of rotatable bonds is 4. The molecule has 0 radical (unpaired) electrons. The third-order valence-electron chi connectivity index (χ3n) is 2.22. The number of nitrogens with one attached hydrogen (secondary N) is 1. The first kappa shape index (κ1) is 14.1. The van der Waals surface area contributed by atoms with Crippen molar-refractivity contribution in [1.29, 1.82) is 0 Å². The van der Waals surface area contributed by atoms with E-state index in [9.17, 15) is 9.59 Å². The van der Waals surface area contributed by atoms with Crippen LogP contribution in [0.25, 0.3) is 0 Å². The second-order valence-electron chi connectivity index (χ2n) is 5.22. The number of amides is 1. The maximum Gasteiger partial charge on any atom is 0.326 e. The summed E-state index contributed by atoms with van der Waals surface area (Å²) in [6.45, 7) is 5.74. The number of carbonyl (C=O) groups excluding carboxylic acids is 1. The number of carbonyl (C=O) groups is 2. The first-order valence-corrected chi connectivity index (χ1v) is 5.59. The molecule has 1 unspecified atom stereocenters. The van der Waals surface area contributed by atoms with Crippen LogP contribution in [0.4, 0.5) is 0 Å². The van der Waals surface area contributed by atoms with E-state index in [1.54, 1.807) is 0 Å². The molecule has 0 aromatic carbocycles. The number of hydrogen-bond donors (Lipinski definition) is 2. The Hall–Kier alpha value is -1.98. The van der Waals surface area contributed by atoms with Crippen molar-refractivity contribution < 1.29 is 14.7 Å². The SMILES string of the molecule is CC(C)(C)CC(NC(=O)c1cnccn1)C(=O)O. The number of aromatic nitrogens is 2. The molecular formula is C12H17N3O3. The Kier molecular flexibility index (Phi) is 4.36. The average molecular weight is 251 g/mol. The fourth-order valence-corrected chi connectivity index (χ4v) is 1.46. The second-order valence-corrected chi connectivity index (χ2v) is 5.22. The Morgan fingerprint density at radius 3 is 2.50 bits per heavy atom. The van der Waals surface area contributed by atoms with Gasteiger partial charge in [0.1, 0.15) is 11.7 Å². The molecular weight excluding hydrogens is 234 g/mol. The largest absolute Gasteiger partial charge is 0.480 e. The zero-order valence-corrected chi connectivity index (χ0v) is 10.7. The van der Waals surface area contributed by atoms with Gasteiger partial charge < -0.3 is 10.4 Å². The van der Waals surface area contributed by atoms with Crippen molar-refractivity contribution in [3.05, 3.63) is 24.3 Å². The lowest BCUT2D eigenvalue weighted by atomic mass is 9.88. The van der Waals surface area contributed by atoms with Crippen molar-refractivity contribution in [3.8, 4) is 0 Å². The van der Waals surface area contributed by atoms with Gasteiger partial charge in [-0.2, -0.15) is 0 Å². The van der Waals surface area contributed by atoms with Gasteiger partial charge in [0.2, 0.25) is 0 Å². The van der Waals surface area contributed by atoms with Crippen molar-refractivity contribution >= 4 is 11.9 Å². The van der Waals surface area contributed by atoms with Gasteiger partial charge in [0, 0.05) is 12.4 Å². The van der Waals surface area contributed by atoms with Gasteiger partial charge in [-0.15, -0.1) is 0 Å². The molecule has 0 bridgehead atoms. The van der Waals surface area contributed by atoms with Crippen LogP contribution in [0.15, 0.2) is 18.6 Å². The van der Waals surface area contributed by atoms with Gasteiger partial charge in [0.25, 0.3) is 5.91 Å². The molecule has 18 heavy (non-hydrogen) atoms. The molecule has 6 heteroatoms. The minimum atomic E-state index is -1.05. The quantitative estimate of drug-likeness (QED) is 0.835. The van der Waals surface area contributed by atoms with Crippen molar-refractivity contribution in [2.75, 3.05) is 0 Å². The molecule has 0 fully saturated rings. The molecule has 1 rings (SSSR count). The predicted octanol–water partition coefficient (Wildman–Crippen LogP) is 1.10. The van der Waals surface area contributed by atoms with Crippen molar-refractivity contribution in [3.63, 3.8) is 0 Å². The van der Waals surface area contributed by atoms with Crippen molar-refractivity contribution in [1.82, 2.24) is 15.3 Å². The topological polar surface area (TPSA) is 92.2 Å². The van der Waals surface area contributed by atoms with E-state index in [1.807, 2.05) is 20.8 Å². The van der Waals surface area contributed by atoms with E-state index in [0.29, 0.717) is 6.42 Å².